The number of amides is 1. The minimum atomic E-state index is -0.521. The fraction of sp³-hybridized carbons (Fsp3) is 0.250. The van der Waals surface area contributed by atoms with Crippen molar-refractivity contribution in [1.29, 1.82) is 0 Å². The van der Waals surface area contributed by atoms with Crippen molar-refractivity contribution in [2.24, 2.45) is 0 Å². The molecule has 7 heteroatoms. The first-order valence-corrected chi connectivity index (χ1v) is 5.92. The Morgan fingerprint density at radius 3 is 2.95 bits per heavy atom. The van der Waals surface area contributed by atoms with Gasteiger partial charge in [0.15, 0.2) is 0 Å². The fourth-order valence-corrected chi connectivity index (χ4v) is 1.72. The second-order valence-corrected chi connectivity index (χ2v) is 4.51. The molecule has 1 aliphatic carbocycles. The van der Waals surface area contributed by atoms with E-state index in [0.29, 0.717) is 11.6 Å². The summed E-state index contributed by atoms with van der Waals surface area (Å²) in [6.45, 7) is 0. The number of carbonyl (C=O) groups is 1. The Morgan fingerprint density at radius 2 is 2.26 bits per heavy atom. The Kier molecular flexibility index (Phi) is 2.66. The molecule has 1 saturated carbocycles. The maximum absolute atomic E-state index is 13.0. The van der Waals surface area contributed by atoms with Gasteiger partial charge in [-0.15, -0.1) is 5.10 Å². The molecule has 1 aromatic carbocycles. The van der Waals surface area contributed by atoms with E-state index in [1.165, 1.54) is 18.2 Å². The van der Waals surface area contributed by atoms with Gasteiger partial charge in [0.25, 0.3) is 5.91 Å². The quantitative estimate of drug-likeness (QED) is 0.732. The number of nitrogens with two attached hydrogens (primary N) is 1. The van der Waals surface area contributed by atoms with Gasteiger partial charge in [0.2, 0.25) is 5.82 Å². The third-order valence-corrected chi connectivity index (χ3v) is 2.92. The number of nitrogens with one attached hydrogen (secondary N) is 2. The Balaban J connectivity index is 1.74. The zero-order valence-electron chi connectivity index (χ0n) is 9.98. The van der Waals surface area contributed by atoms with E-state index >= 15 is 0 Å². The molecule has 0 atom stereocenters. The number of halogens is 1. The van der Waals surface area contributed by atoms with Crippen molar-refractivity contribution in [2.75, 3.05) is 11.1 Å². The maximum Gasteiger partial charge on any atom is 0.295 e. The molecular weight excluding hydrogens is 249 g/mol. The Hall–Kier alpha value is -2.44. The SMILES string of the molecule is Nc1cc(NC(=O)c2n[nH]c(C3CC3)n2)ccc1F. The van der Waals surface area contributed by atoms with Gasteiger partial charge < -0.3 is 11.1 Å². The number of nitrogen functional groups attached to an aromatic ring is 1. The van der Waals surface area contributed by atoms with Crippen molar-refractivity contribution in [3.63, 3.8) is 0 Å². The molecule has 0 spiro atoms. The van der Waals surface area contributed by atoms with E-state index in [9.17, 15) is 9.18 Å². The lowest BCUT2D eigenvalue weighted by Crippen LogP contribution is -2.14. The number of anilines is 2. The highest BCUT2D eigenvalue weighted by Crippen LogP contribution is 2.37. The third-order valence-electron chi connectivity index (χ3n) is 2.92. The normalized spacial score (nSPS) is 14.4. The Bertz CT molecular complexity index is 635. The van der Waals surface area contributed by atoms with Crippen LogP contribution in [0.25, 0.3) is 0 Å². The van der Waals surface area contributed by atoms with Crippen molar-refractivity contribution in [2.45, 2.75) is 18.8 Å². The molecule has 6 nitrogen and oxygen atoms in total. The van der Waals surface area contributed by atoms with Crippen molar-refractivity contribution < 1.29 is 9.18 Å². The monoisotopic (exact) mass is 261 g/mol. The van der Waals surface area contributed by atoms with Crippen molar-refractivity contribution >= 4 is 17.3 Å². The lowest BCUT2D eigenvalue weighted by molar-refractivity contribution is 0.101. The van der Waals surface area contributed by atoms with Gasteiger partial charge in [-0.25, -0.2) is 9.37 Å². The summed E-state index contributed by atoms with van der Waals surface area (Å²) in [5.74, 6) is 0.241. The average Bonchev–Trinajstić information content (AvgIpc) is 3.11. The van der Waals surface area contributed by atoms with E-state index in [-0.39, 0.29) is 11.5 Å². The fourth-order valence-electron chi connectivity index (χ4n) is 1.72. The standard InChI is InChI=1S/C12H12FN5O/c13-8-4-3-7(5-9(8)14)15-12(19)11-16-10(17-18-11)6-1-2-6/h3-6H,1-2,14H2,(H,15,19)(H,16,17,18). The van der Waals surface area contributed by atoms with Crippen LogP contribution < -0.4 is 11.1 Å². The minimum Gasteiger partial charge on any atom is -0.396 e. The first kappa shape index (κ1) is 11.6. The molecule has 0 aliphatic heterocycles. The molecule has 2 aromatic rings. The van der Waals surface area contributed by atoms with E-state index in [4.69, 9.17) is 5.73 Å². The van der Waals surface area contributed by atoms with Crippen LogP contribution in [0.1, 0.15) is 35.2 Å². The molecule has 4 N–H and O–H groups in total. The molecule has 0 saturated heterocycles. The van der Waals surface area contributed by atoms with Crippen molar-refractivity contribution in [3.8, 4) is 0 Å². The number of hydrogen-bond donors (Lipinski definition) is 3. The van der Waals surface area contributed by atoms with E-state index in [2.05, 4.69) is 20.5 Å². The van der Waals surface area contributed by atoms with Crippen LogP contribution in [0.5, 0.6) is 0 Å². The van der Waals surface area contributed by atoms with Crippen LogP contribution in [0.4, 0.5) is 15.8 Å². The molecule has 3 rings (SSSR count). The van der Waals surface area contributed by atoms with E-state index in [1.54, 1.807) is 0 Å². The number of H-pyrrole nitrogens is 1. The highest BCUT2D eigenvalue weighted by Gasteiger charge is 2.28. The van der Waals surface area contributed by atoms with Crippen LogP contribution in [-0.4, -0.2) is 21.1 Å². The van der Waals surface area contributed by atoms with Crippen LogP contribution in [0.3, 0.4) is 0 Å². The smallest absolute Gasteiger partial charge is 0.295 e. The summed E-state index contributed by atoms with van der Waals surface area (Å²) in [6.07, 6.45) is 2.15. The molecule has 98 valence electrons. The summed E-state index contributed by atoms with van der Waals surface area (Å²) in [5.41, 5.74) is 5.81. The number of hydrogen-bond acceptors (Lipinski definition) is 4. The minimum absolute atomic E-state index is 0.0218. The van der Waals surface area contributed by atoms with Gasteiger partial charge in [0.1, 0.15) is 11.6 Å². The molecule has 0 radical (unpaired) electrons. The molecule has 0 bridgehead atoms. The number of benzene rings is 1. The van der Waals surface area contributed by atoms with Gasteiger partial charge in [-0.2, -0.15) is 0 Å². The van der Waals surface area contributed by atoms with E-state index < -0.39 is 11.7 Å². The van der Waals surface area contributed by atoms with Crippen LogP contribution in [0.15, 0.2) is 18.2 Å². The Labute approximate surface area is 108 Å². The predicted molar refractivity (Wildman–Crippen MR) is 67.1 cm³/mol. The molecule has 0 unspecified atom stereocenters. The van der Waals surface area contributed by atoms with Crippen LogP contribution >= 0.6 is 0 Å². The second kappa shape index (κ2) is 4.34. The zero-order chi connectivity index (χ0) is 13.4. The van der Waals surface area contributed by atoms with Gasteiger partial charge in [-0.05, 0) is 31.0 Å². The summed E-state index contributed by atoms with van der Waals surface area (Å²) >= 11 is 0. The molecule has 1 heterocycles. The summed E-state index contributed by atoms with van der Waals surface area (Å²) in [6, 6.07) is 3.97. The average molecular weight is 261 g/mol. The molecule has 1 fully saturated rings. The molecule has 1 aliphatic rings. The first-order valence-electron chi connectivity index (χ1n) is 5.92. The number of aromatic amines is 1. The van der Waals surface area contributed by atoms with Crippen LogP contribution in [0, 0.1) is 5.82 Å². The lowest BCUT2D eigenvalue weighted by Gasteiger charge is -2.03. The van der Waals surface area contributed by atoms with Crippen molar-refractivity contribution in [1.82, 2.24) is 15.2 Å². The molecule has 19 heavy (non-hydrogen) atoms. The largest absolute Gasteiger partial charge is 0.396 e. The second-order valence-electron chi connectivity index (χ2n) is 4.51. The molecule has 1 aromatic heterocycles. The summed E-state index contributed by atoms with van der Waals surface area (Å²) < 4.78 is 13.0. The van der Waals surface area contributed by atoms with Gasteiger partial charge in [0.05, 0.1) is 5.69 Å². The number of carbonyl (C=O) groups excluding carboxylic acids is 1. The topological polar surface area (TPSA) is 96.7 Å². The van der Waals surface area contributed by atoms with E-state index in [1.807, 2.05) is 0 Å². The van der Waals surface area contributed by atoms with Crippen LogP contribution in [-0.2, 0) is 0 Å². The number of aromatic nitrogens is 3. The summed E-state index contributed by atoms with van der Waals surface area (Å²) in [7, 11) is 0. The van der Waals surface area contributed by atoms with Crippen molar-refractivity contribution in [3.05, 3.63) is 35.7 Å². The lowest BCUT2D eigenvalue weighted by atomic mass is 10.2. The number of rotatable bonds is 3. The maximum atomic E-state index is 13.0. The number of nitrogens with zero attached hydrogens (tertiary/aromatic N) is 2. The molecule has 1 amide bonds. The van der Waals surface area contributed by atoms with E-state index in [0.717, 1.165) is 18.7 Å². The van der Waals surface area contributed by atoms with Crippen LogP contribution in [0.2, 0.25) is 0 Å². The first-order chi connectivity index (χ1) is 9.13. The third kappa shape index (κ3) is 2.40. The predicted octanol–water partition coefficient (Wildman–Crippen LogP) is 1.66. The van der Waals surface area contributed by atoms with Gasteiger partial charge >= 0.3 is 0 Å². The molecular formula is C12H12FN5O. The highest BCUT2D eigenvalue weighted by atomic mass is 19.1. The van der Waals surface area contributed by atoms with Gasteiger partial charge in [-0.3, -0.25) is 9.89 Å². The van der Waals surface area contributed by atoms with Gasteiger partial charge in [-0.1, -0.05) is 0 Å². The summed E-state index contributed by atoms with van der Waals surface area (Å²) in [5, 5.41) is 9.18. The zero-order valence-corrected chi connectivity index (χ0v) is 9.98. The highest BCUT2D eigenvalue weighted by molar-refractivity contribution is 6.01. The summed E-state index contributed by atoms with van der Waals surface area (Å²) in [4.78, 5) is 16.0. The Morgan fingerprint density at radius 1 is 1.47 bits per heavy atom. The van der Waals surface area contributed by atoms with Gasteiger partial charge in [0, 0.05) is 11.6 Å².